The molecule has 0 aromatic heterocycles. The summed E-state index contributed by atoms with van der Waals surface area (Å²) >= 11 is 1.41. The van der Waals surface area contributed by atoms with Gasteiger partial charge in [0.15, 0.2) is 5.96 Å². The monoisotopic (exact) mass is 1400 g/mol. The number of rotatable bonds is 44. The first-order valence-corrected chi connectivity index (χ1v) is 34.7. The Labute approximate surface area is 580 Å². The number of likely N-dealkylation sites (tertiary alicyclic amines) is 2. The van der Waals surface area contributed by atoms with Gasteiger partial charge >= 0.3 is 0 Å². The molecule has 34 heteroatoms. The summed E-state index contributed by atoms with van der Waals surface area (Å²) in [5.74, 6) is -10.8. The van der Waals surface area contributed by atoms with Crippen molar-refractivity contribution in [2.24, 2.45) is 51.0 Å². The molecule has 2 aromatic carbocycles. The minimum absolute atomic E-state index is 0.0661. The number of guanidine groups is 1. The lowest BCUT2D eigenvalue weighted by atomic mass is 10.0. The van der Waals surface area contributed by atoms with Crippen molar-refractivity contribution >= 4 is 100 Å². The van der Waals surface area contributed by atoms with Crippen molar-refractivity contribution in [3.63, 3.8) is 0 Å². The molecular weight excluding hydrogens is 1300 g/mol. The van der Waals surface area contributed by atoms with E-state index in [0.717, 1.165) is 0 Å². The first-order chi connectivity index (χ1) is 47.1. The summed E-state index contributed by atoms with van der Waals surface area (Å²) in [4.78, 5) is 198. The molecule has 2 aromatic rings. The Hall–Kier alpha value is -9.44. The van der Waals surface area contributed by atoms with Gasteiger partial charge in [0.25, 0.3) is 0 Å². The third kappa shape index (κ3) is 29.3. The van der Waals surface area contributed by atoms with Crippen LogP contribution in [-0.2, 0) is 80.0 Å². The molecular formula is C65H101N19O14S. The molecule has 0 radical (unpaired) electrons. The predicted molar refractivity (Wildman–Crippen MR) is 369 cm³/mol. The molecule has 14 amide bonds. The standard InChI is InChI=1S/C65H101N19O14S/c1-38(2)33-46(59(93)78-44(27-32-99-3)55(89)74-36-53(70)87)76-54(88)37-75-56(90)47(34-39-15-6-4-7-16-39)81-60(94)48(35-40-17-8-5-9-18-40)82-58(92)42(23-25-51(68)85)77-57(91)43(24-26-52(69)86)79-61(95)50-22-14-31-84(50)64(98)45(20-10-11-28-66)80-62(96)49-21-13-30-83(49)63(97)41(67)19-12-29-73-65(71)72/h4-9,15-18,38,41-50H,10-14,19-37,66-67H2,1-3H3,(H2,68,85)(H2,69,86)(H2,70,87)(H,74,89)(H,75,90)(H,76,88)(H,77,91)(H,78,93)(H,79,95)(H,80,96)(H,81,94)(H,82,92)(H4,71,72,73). The predicted octanol–water partition coefficient (Wildman–Crippen LogP) is -4.59. The largest absolute Gasteiger partial charge is 0.370 e. The van der Waals surface area contributed by atoms with Crippen molar-refractivity contribution in [3.8, 4) is 0 Å². The molecule has 23 N–H and O–H groups in total. The number of amides is 14. The summed E-state index contributed by atoms with van der Waals surface area (Å²) in [6, 6.07) is 4.15. The number of hydrogen-bond acceptors (Lipinski definition) is 18. The van der Waals surface area contributed by atoms with Crippen LogP contribution in [0, 0.1) is 5.92 Å². The molecule has 2 aliphatic rings. The van der Waals surface area contributed by atoms with Crippen LogP contribution in [0.5, 0.6) is 0 Å². The van der Waals surface area contributed by atoms with E-state index in [1.807, 2.05) is 0 Å². The average molecular weight is 1400 g/mol. The van der Waals surface area contributed by atoms with Crippen molar-refractivity contribution in [3.05, 3.63) is 71.8 Å². The van der Waals surface area contributed by atoms with Gasteiger partial charge in [0.2, 0.25) is 82.7 Å². The molecule has 546 valence electrons. The lowest BCUT2D eigenvalue weighted by Crippen LogP contribution is -2.60. The first kappa shape index (κ1) is 82.0. The van der Waals surface area contributed by atoms with Gasteiger partial charge in [-0.3, -0.25) is 72.1 Å². The second-order valence-electron chi connectivity index (χ2n) is 24.9. The third-order valence-electron chi connectivity index (χ3n) is 16.4. The number of benzene rings is 2. The molecule has 0 spiro atoms. The lowest BCUT2D eigenvalue weighted by molar-refractivity contribution is -0.144. The topological polar surface area (TPSA) is 548 Å². The molecule has 33 nitrogen and oxygen atoms in total. The Morgan fingerprint density at radius 1 is 0.505 bits per heavy atom. The quantitative estimate of drug-likeness (QED) is 0.0169. The van der Waals surface area contributed by atoms with Crippen molar-refractivity contribution < 1.29 is 67.1 Å². The van der Waals surface area contributed by atoms with E-state index in [1.165, 1.54) is 21.6 Å². The van der Waals surface area contributed by atoms with Crippen LogP contribution in [0.1, 0.15) is 121 Å². The van der Waals surface area contributed by atoms with Gasteiger partial charge in [0, 0.05) is 45.3 Å². The van der Waals surface area contributed by atoms with E-state index in [2.05, 4.69) is 52.8 Å². The molecule has 99 heavy (non-hydrogen) atoms. The van der Waals surface area contributed by atoms with E-state index in [4.69, 9.17) is 40.1 Å². The highest BCUT2D eigenvalue weighted by Crippen LogP contribution is 2.24. The molecule has 0 saturated carbocycles. The minimum atomic E-state index is -1.66. The van der Waals surface area contributed by atoms with Gasteiger partial charge in [0.1, 0.15) is 54.4 Å². The lowest BCUT2D eigenvalue weighted by Gasteiger charge is -2.32. The van der Waals surface area contributed by atoms with Gasteiger partial charge in [-0.15, -0.1) is 0 Å². The molecule has 2 saturated heterocycles. The second-order valence-corrected chi connectivity index (χ2v) is 25.9. The Bertz CT molecular complexity index is 3110. The maximum atomic E-state index is 14.7. The van der Waals surface area contributed by atoms with E-state index in [-0.39, 0.29) is 83.0 Å². The van der Waals surface area contributed by atoms with Crippen LogP contribution >= 0.6 is 11.8 Å². The van der Waals surface area contributed by atoms with E-state index in [1.54, 1.807) is 80.8 Å². The van der Waals surface area contributed by atoms with Crippen LogP contribution < -0.4 is 88.0 Å². The fourth-order valence-corrected chi connectivity index (χ4v) is 11.8. The summed E-state index contributed by atoms with van der Waals surface area (Å²) in [6.45, 7) is 3.29. The summed E-state index contributed by atoms with van der Waals surface area (Å²) in [6.07, 6.45) is 2.83. The van der Waals surface area contributed by atoms with E-state index in [0.29, 0.717) is 55.4 Å². The highest BCUT2D eigenvalue weighted by molar-refractivity contribution is 7.98. The van der Waals surface area contributed by atoms with Gasteiger partial charge < -0.3 is 97.8 Å². The number of nitrogens with zero attached hydrogens (tertiary/aromatic N) is 3. The van der Waals surface area contributed by atoms with E-state index < -0.39 is 182 Å². The number of carbonyl (C=O) groups excluding carboxylic acids is 14. The molecule has 0 aliphatic carbocycles. The Morgan fingerprint density at radius 3 is 1.45 bits per heavy atom. The normalized spacial score (nSPS) is 16.5. The van der Waals surface area contributed by atoms with Crippen LogP contribution in [0.2, 0.25) is 0 Å². The number of primary amides is 3. The zero-order valence-corrected chi connectivity index (χ0v) is 57.4. The Kier molecular flexibility index (Phi) is 35.7. The molecule has 0 bridgehead atoms. The fourth-order valence-electron chi connectivity index (χ4n) is 11.3. The second kappa shape index (κ2) is 43.1. The third-order valence-corrected chi connectivity index (χ3v) is 17.1. The maximum absolute atomic E-state index is 14.7. The van der Waals surface area contributed by atoms with Crippen LogP contribution in [0.3, 0.4) is 0 Å². The van der Waals surface area contributed by atoms with Crippen molar-refractivity contribution in [1.29, 1.82) is 0 Å². The molecule has 2 aliphatic heterocycles. The molecule has 2 fully saturated rings. The number of hydrogen-bond donors (Lipinski definition) is 16. The number of thioether (sulfide) groups is 1. The summed E-state index contributed by atoms with van der Waals surface area (Å²) in [5, 5.41) is 23.5. The molecule has 4 rings (SSSR count). The van der Waals surface area contributed by atoms with Gasteiger partial charge in [-0.1, -0.05) is 74.5 Å². The van der Waals surface area contributed by atoms with Gasteiger partial charge in [-0.05, 0) is 119 Å². The zero-order valence-electron chi connectivity index (χ0n) is 56.6. The number of nitrogens with two attached hydrogens (primary N) is 7. The molecule has 2 heterocycles. The van der Waals surface area contributed by atoms with Gasteiger partial charge in [-0.2, -0.15) is 11.8 Å². The number of carbonyl (C=O) groups is 14. The number of nitrogens with one attached hydrogen (secondary N) is 9. The van der Waals surface area contributed by atoms with Crippen molar-refractivity contribution in [1.82, 2.24) is 57.7 Å². The smallest absolute Gasteiger partial charge is 0.245 e. The SMILES string of the molecule is CSCCC(NC(=O)C(CC(C)C)NC(=O)CNC(=O)C(Cc1ccccc1)NC(=O)C(Cc1ccccc1)NC(=O)C(CCC(N)=O)NC(=O)C(CCC(N)=O)NC(=O)C1CCCN1C(=O)C(CCCCN)NC(=O)C1CCCN1C(=O)C(N)CCCN=C(N)N)C(=O)NCC(N)=O. The highest BCUT2D eigenvalue weighted by Gasteiger charge is 2.42. The first-order valence-electron chi connectivity index (χ1n) is 33.3. The van der Waals surface area contributed by atoms with Crippen LogP contribution in [0.4, 0.5) is 0 Å². The van der Waals surface area contributed by atoms with Crippen LogP contribution in [0.25, 0.3) is 0 Å². The average Bonchev–Trinajstić information content (AvgIpc) is 1.75. The molecule has 10 atom stereocenters. The summed E-state index contributed by atoms with van der Waals surface area (Å²) < 4.78 is 0. The maximum Gasteiger partial charge on any atom is 0.245 e. The summed E-state index contributed by atoms with van der Waals surface area (Å²) in [5.41, 5.74) is 40.3. The van der Waals surface area contributed by atoms with Crippen LogP contribution in [0.15, 0.2) is 65.7 Å². The molecule has 10 unspecified atom stereocenters. The van der Waals surface area contributed by atoms with Crippen LogP contribution in [-0.4, -0.2) is 210 Å². The van der Waals surface area contributed by atoms with Crippen molar-refractivity contribution in [2.45, 2.75) is 183 Å². The van der Waals surface area contributed by atoms with Gasteiger partial charge in [-0.25, -0.2) is 0 Å². The van der Waals surface area contributed by atoms with Gasteiger partial charge in [0.05, 0.1) is 19.1 Å². The Morgan fingerprint density at radius 2 is 0.960 bits per heavy atom. The highest BCUT2D eigenvalue weighted by atomic mass is 32.2. The van der Waals surface area contributed by atoms with Crippen molar-refractivity contribution in [2.75, 3.05) is 51.3 Å². The number of unbranched alkanes of at least 4 members (excludes halogenated alkanes) is 1. The number of aliphatic imine (C=N–C) groups is 1. The fraction of sp³-hybridized carbons (Fsp3) is 0.585. The van der Waals surface area contributed by atoms with E-state index in [9.17, 15) is 67.1 Å². The Balaban J connectivity index is 1.57. The zero-order chi connectivity index (χ0) is 73.1. The van der Waals surface area contributed by atoms with E-state index >= 15 is 0 Å². The minimum Gasteiger partial charge on any atom is -0.370 e. The summed E-state index contributed by atoms with van der Waals surface area (Å²) in [7, 11) is 0.